The Hall–Kier alpha value is -2.40. The van der Waals surface area contributed by atoms with E-state index >= 15 is 0 Å². The molecule has 1 aromatic heterocycles. The lowest BCUT2D eigenvalue weighted by Crippen LogP contribution is -2.34. The Morgan fingerprint density at radius 3 is 2.61 bits per heavy atom. The Kier molecular flexibility index (Phi) is 6.54. The van der Waals surface area contributed by atoms with Crippen LogP contribution in [0.25, 0.3) is 10.9 Å². The van der Waals surface area contributed by atoms with E-state index in [1.165, 1.54) is 21.3 Å². The van der Waals surface area contributed by atoms with Gasteiger partial charge < -0.3 is 9.88 Å². The highest BCUT2D eigenvalue weighted by molar-refractivity contribution is 7.90. The highest BCUT2D eigenvalue weighted by Gasteiger charge is 2.31. The summed E-state index contributed by atoms with van der Waals surface area (Å²) in [6, 6.07) is 5.47. The molecule has 12 heteroatoms. The average molecular weight is 514 g/mol. The second-order valence-electron chi connectivity index (χ2n) is 7.92. The van der Waals surface area contributed by atoms with Gasteiger partial charge in [0.15, 0.2) is 0 Å². The summed E-state index contributed by atoms with van der Waals surface area (Å²) in [6.07, 6.45) is 3.06. The highest BCUT2D eigenvalue weighted by Crippen LogP contribution is 2.38. The van der Waals surface area contributed by atoms with Crippen LogP contribution >= 0.6 is 23.2 Å². The molecule has 1 unspecified atom stereocenters. The van der Waals surface area contributed by atoms with Crippen molar-refractivity contribution < 1.29 is 12.8 Å². The van der Waals surface area contributed by atoms with E-state index in [1.807, 2.05) is 6.92 Å². The zero-order valence-electron chi connectivity index (χ0n) is 17.9. The molecule has 1 fully saturated rings. The number of hydrogen-bond acceptors (Lipinski definition) is 5. The van der Waals surface area contributed by atoms with Gasteiger partial charge in [0, 0.05) is 20.1 Å². The minimum absolute atomic E-state index is 0.0232. The van der Waals surface area contributed by atoms with Gasteiger partial charge in [-0.2, -0.15) is 12.7 Å². The first kappa shape index (κ1) is 23.7. The maximum Gasteiger partial charge on any atom is 0.301 e. The van der Waals surface area contributed by atoms with Crippen molar-refractivity contribution in [2.75, 3.05) is 23.1 Å². The minimum atomic E-state index is -3.86. The van der Waals surface area contributed by atoms with Gasteiger partial charge in [-0.05, 0) is 36.6 Å². The molecule has 8 nitrogen and oxygen atoms in total. The molecular formula is C21H22Cl2FN5O3S. The summed E-state index contributed by atoms with van der Waals surface area (Å²) in [4.78, 5) is 16.7. The first-order valence-electron chi connectivity index (χ1n) is 10.3. The van der Waals surface area contributed by atoms with Crippen molar-refractivity contribution in [3.8, 4) is 0 Å². The molecule has 0 saturated carbocycles. The summed E-state index contributed by atoms with van der Waals surface area (Å²) in [5, 5.41) is 2.84. The molecule has 0 radical (unpaired) electrons. The first-order chi connectivity index (χ1) is 15.6. The lowest BCUT2D eigenvalue weighted by atomic mass is 10.1. The number of aryl methyl sites for hydroxylation is 1. The van der Waals surface area contributed by atoms with Crippen LogP contribution in [0.15, 0.2) is 35.4 Å². The van der Waals surface area contributed by atoms with Crippen LogP contribution in [0.4, 0.5) is 21.5 Å². The number of hydrogen-bond donors (Lipinski definition) is 2. The number of nitrogens with zero attached hydrogens (tertiary/aromatic N) is 3. The van der Waals surface area contributed by atoms with Crippen LogP contribution in [0.1, 0.15) is 19.8 Å². The number of halogens is 3. The third-order valence-electron chi connectivity index (χ3n) is 5.78. The predicted molar refractivity (Wildman–Crippen MR) is 129 cm³/mol. The molecule has 0 bridgehead atoms. The maximum atomic E-state index is 14.7. The van der Waals surface area contributed by atoms with E-state index in [0.29, 0.717) is 24.5 Å². The van der Waals surface area contributed by atoms with Crippen molar-refractivity contribution in [2.45, 2.75) is 19.8 Å². The third-order valence-corrected chi connectivity index (χ3v) is 8.05. The van der Waals surface area contributed by atoms with Crippen molar-refractivity contribution in [3.05, 3.63) is 56.8 Å². The van der Waals surface area contributed by atoms with E-state index < -0.39 is 16.0 Å². The molecule has 0 spiro atoms. The van der Waals surface area contributed by atoms with Gasteiger partial charge in [-0.1, -0.05) is 36.5 Å². The standard InChI is InChI=1S/C21H22Cl2FN5O3S/c1-3-12-8-9-29(10-12)33(31,32)27-16-5-4-13(24)20(19(16)23)26-15-7-6-14-17(18(15)22)21(30)28(2)11-25-14/h4-7,11-12,26-27H,3,8-10H2,1-2H3. The molecule has 2 heterocycles. The van der Waals surface area contributed by atoms with Gasteiger partial charge in [-0.3, -0.25) is 9.52 Å². The van der Waals surface area contributed by atoms with Crippen LogP contribution in [0.5, 0.6) is 0 Å². The Labute approximate surface area is 200 Å². The Morgan fingerprint density at radius 2 is 1.91 bits per heavy atom. The zero-order valence-corrected chi connectivity index (χ0v) is 20.2. The van der Waals surface area contributed by atoms with Crippen molar-refractivity contribution >= 4 is 61.4 Å². The SMILES string of the molecule is CCC1CCN(S(=O)(=O)Nc2ccc(F)c(Nc3ccc4ncn(C)c(=O)c4c3Cl)c2Cl)C1. The van der Waals surface area contributed by atoms with Gasteiger partial charge in [0.05, 0.1) is 44.3 Å². The number of nitrogens with one attached hydrogen (secondary N) is 2. The summed E-state index contributed by atoms with van der Waals surface area (Å²) < 4.78 is 45.4. The van der Waals surface area contributed by atoms with Gasteiger partial charge >= 0.3 is 10.2 Å². The summed E-state index contributed by atoms with van der Waals surface area (Å²) in [5.74, 6) is -0.412. The Bertz CT molecular complexity index is 1400. The third kappa shape index (κ3) is 4.52. The molecule has 2 aromatic carbocycles. The summed E-state index contributed by atoms with van der Waals surface area (Å²) in [5.41, 5.74) is 0.0950. The fourth-order valence-corrected chi connectivity index (χ4v) is 5.71. The van der Waals surface area contributed by atoms with E-state index in [0.717, 1.165) is 18.9 Å². The molecule has 176 valence electrons. The summed E-state index contributed by atoms with van der Waals surface area (Å²) in [6.45, 7) is 2.85. The van der Waals surface area contributed by atoms with E-state index in [4.69, 9.17) is 23.2 Å². The number of aromatic nitrogens is 2. The lowest BCUT2D eigenvalue weighted by Gasteiger charge is -2.20. The number of benzene rings is 2. The van der Waals surface area contributed by atoms with Gasteiger partial charge in [-0.25, -0.2) is 9.37 Å². The van der Waals surface area contributed by atoms with E-state index in [9.17, 15) is 17.6 Å². The van der Waals surface area contributed by atoms with Gasteiger partial charge in [-0.15, -0.1) is 0 Å². The predicted octanol–water partition coefficient (Wildman–Crippen LogP) is 4.51. The van der Waals surface area contributed by atoms with Gasteiger partial charge in [0.2, 0.25) is 0 Å². The molecule has 1 aliphatic heterocycles. The van der Waals surface area contributed by atoms with Crippen LogP contribution in [0.3, 0.4) is 0 Å². The van der Waals surface area contributed by atoms with Crippen LogP contribution in [0.2, 0.25) is 10.0 Å². The largest absolute Gasteiger partial charge is 0.351 e. The van der Waals surface area contributed by atoms with Crippen molar-refractivity contribution in [2.24, 2.45) is 13.0 Å². The van der Waals surface area contributed by atoms with Crippen LogP contribution in [0, 0.1) is 11.7 Å². The molecule has 3 aromatic rings. The molecule has 1 saturated heterocycles. The summed E-state index contributed by atoms with van der Waals surface area (Å²) >= 11 is 12.8. The normalized spacial score (nSPS) is 16.9. The fourth-order valence-electron chi connectivity index (χ4n) is 3.78. The number of anilines is 3. The fraction of sp³-hybridized carbons (Fsp3) is 0.333. The number of fused-ring (bicyclic) bond motifs is 1. The van der Waals surface area contributed by atoms with Gasteiger partial charge in [0.1, 0.15) is 5.82 Å². The molecule has 4 rings (SSSR count). The number of rotatable bonds is 6. The topological polar surface area (TPSA) is 96.3 Å². The average Bonchev–Trinajstić information content (AvgIpc) is 3.27. The van der Waals surface area contributed by atoms with Crippen LogP contribution in [-0.2, 0) is 17.3 Å². The highest BCUT2D eigenvalue weighted by atomic mass is 35.5. The van der Waals surface area contributed by atoms with E-state index in [2.05, 4.69) is 15.0 Å². The maximum absolute atomic E-state index is 14.7. The van der Waals surface area contributed by atoms with E-state index in [1.54, 1.807) is 19.2 Å². The molecule has 0 amide bonds. The molecule has 0 aliphatic carbocycles. The van der Waals surface area contributed by atoms with Crippen molar-refractivity contribution in [3.63, 3.8) is 0 Å². The quantitative estimate of drug-likeness (QED) is 0.505. The zero-order chi connectivity index (χ0) is 23.9. The first-order valence-corrected chi connectivity index (χ1v) is 12.5. The summed E-state index contributed by atoms with van der Waals surface area (Å²) in [7, 11) is -2.32. The molecular weight excluding hydrogens is 492 g/mol. The monoisotopic (exact) mass is 513 g/mol. The smallest absolute Gasteiger partial charge is 0.301 e. The second kappa shape index (κ2) is 9.09. The Morgan fingerprint density at radius 1 is 1.18 bits per heavy atom. The molecule has 1 aliphatic rings. The van der Waals surface area contributed by atoms with Crippen LogP contribution in [-0.4, -0.2) is 35.4 Å². The second-order valence-corrected chi connectivity index (χ2v) is 10.3. The Balaban J connectivity index is 1.68. The molecule has 33 heavy (non-hydrogen) atoms. The minimum Gasteiger partial charge on any atom is -0.351 e. The van der Waals surface area contributed by atoms with E-state index in [-0.39, 0.29) is 38.1 Å². The van der Waals surface area contributed by atoms with Crippen LogP contribution < -0.4 is 15.6 Å². The van der Waals surface area contributed by atoms with Gasteiger partial charge in [0.25, 0.3) is 5.56 Å². The molecule has 2 N–H and O–H groups in total. The van der Waals surface area contributed by atoms with Crippen molar-refractivity contribution in [1.29, 1.82) is 0 Å². The molecule has 1 atom stereocenters. The van der Waals surface area contributed by atoms with Crippen molar-refractivity contribution in [1.82, 2.24) is 13.9 Å². The lowest BCUT2D eigenvalue weighted by molar-refractivity contribution is 0.457.